The molecule has 3 fully saturated rings. The Bertz CT molecular complexity index is 1610. The molecule has 16 heteroatoms. The number of aryl methyl sites for hydroxylation is 2. The van der Waals surface area contributed by atoms with E-state index < -0.39 is 70.7 Å². The predicted molar refractivity (Wildman–Crippen MR) is 178 cm³/mol. The fourth-order valence-corrected chi connectivity index (χ4v) is 7.50. The second-order valence-corrected chi connectivity index (χ2v) is 14.5. The van der Waals surface area contributed by atoms with Crippen LogP contribution in [0.25, 0.3) is 11.2 Å². The van der Waals surface area contributed by atoms with E-state index in [1.807, 2.05) is 4.90 Å². The maximum absolute atomic E-state index is 13.1. The Balaban J connectivity index is 1.43. The standard InChI is InChI=1S/C33H54N6O10/c1-8-22-32(5,47)27(43)20(4)38(16-21-14-33(48,15-21)26(42)18(2)25(41)19(3)30(45)49-22)12-9-11-34-23(40)10-13-39-17-35-28-24(39)29(44)37(7)31(46)36(28)6/h17-22,25-27,41-43,47-48H,8-16H2,1-7H3,(H,34,40)/t18-,19+,20+,21?,22+,25-,26+,27+,32+,33?/m0/s1. The van der Waals surface area contributed by atoms with Crippen molar-refractivity contribution in [2.75, 3.05) is 19.6 Å². The number of nitrogens with one attached hydrogen (secondary N) is 1. The first-order valence-corrected chi connectivity index (χ1v) is 17.2. The zero-order chi connectivity index (χ0) is 36.6. The van der Waals surface area contributed by atoms with E-state index in [0.29, 0.717) is 26.1 Å². The zero-order valence-corrected chi connectivity index (χ0v) is 29.6. The van der Waals surface area contributed by atoms with E-state index in [1.54, 1.807) is 25.3 Å². The molecular weight excluding hydrogens is 640 g/mol. The smallest absolute Gasteiger partial charge is 0.332 e. The summed E-state index contributed by atoms with van der Waals surface area (Å²) in [6, 6.07) is -0.628. The molecule has 2 aromatic heterocycles. The van der Waals surface area contributed by atoms with E-state index in [2.05, 4.69) is 10.3 Å². The number of aliphatic hydroxyl groups excluding tert-OH is 3. The Kier molecular flexibility index (Phi) is 11.8. The van der Waals surface area contributed by atoms with Crippen molar-refractivity contribution in [2.24, 2.45) is 31.8 Å². The van der Waals surface area contributed by atoms with Crippen LogP contribution in [0.1, 0.15) is 66.7 Å². The number of hydrogen-bond acceptors (Lipinski definition) is 12. The number of fused-ring (bicyclic) bond motifs is 12. The van der Waals surface area contributed by atoms with Crippen LogP contribution in [0.5, 0.6) is 0 Å². The molecule has 276 valence electrons. The third-order valence-electron chi connectivity index (χ3n) is 10.9. The summed E-state index contributed by atoms with van der Waals surface area (Å²) in [6.07, 6.45) is -2.39. The van der Waals surface area contributed by atoms with Crippen LogP contribution in [-0.4, -0.2) is 122 Å². The number of aromatic nitrogens is 4. The number of esters is 1. The normalized spacial score (nSPS) is 34.9. The Morgan fingerprint density at radius 1 is 1.04 bits per heavy atom. The number of carbonyl (C=O) groups excluding carboxylic acids is 2. The molecule has 0 radical (unpaired) electrons. The van der Waals surface area contributed by atoms with Crippen molar-refractivity contribution >= 4 is 23.0 Å². The predicted octanol–water partition coefficient (Wildman–Crippen LogP) is -1.40. The number of hydrogen-bond donors (Lipinski definition) is 6. The summed E-state index contributed by atoms with van der Waals surface area (Å²) in [4.78, 5) is 56.8. The minimum absolute atomic E-state index is 0.0576. The lowest BCUT2D eigenvalue weighted by atomic mass is 9.64. The van der Waals surface area contributed by atoms with Crippen LogP contribution in [0, 0.1) is 17.8 Å². The lowest BCUT2D eigenvalue weighted by Crippen LogP contribution is -2.61. The van der Waals surface area contributed by atoms with Crippen LogP contribution < -0.4 is 16.6 Å². The summed E-state index contributed by atoms with van der Waals surface area (Å²) >= 11 is 0. The fraction of sp³-hybridized carbons (Fsp3) is 0.788. The highest BCUT2D eigenvalue weighted by atomic mass is 16.6. The number of carbonyl (C=O) groups is 2. The maximum atomic E-state index is 13.1. The van der Waals surface area contributed by atoms with E-state index in [1.165, 1.54) is 38.8 Å². The molecule has 0 aromatic carbocycles. The topological polar surface area (TPSA) is 222 Å². The number of imidazole rings is 1. The monoisotopic (exact) mass is 694 g/mol. The number of aliphatic hydroxyl groups is 5. The first-order chi connectivity index (χ1) is 22.8. The molecule has 1 saturated carbocycles. The number of nitrogens with zero attached hydrogens (tertiary/aromatic N) is 5. The fourth-order valence-electron chi connectivity index (χ4n) is 7.50. The van der Waals surface area contributed by atoms with E-state index in [9.17, 15) is 44.7 Å². The van der Waals surface area contributed by atoms with Crippen LogP contribution in [0.3, 0.4) is 0 Å². The average molecular weight is 695 g/mol. The van der Waals surface area contributed by atoms with Gasteiger partial charge in [0.1, 0.15) is 17.8 Å². The summed E-state index contributed by atoms with van der Waals surface area (Å²) in [6.45, 7) is 9.23. The van der Waals surface area contributed by atoms with Gasteiger partial charge in [0.25, 0.3) is 5.56 Å². The summed E-state index contributed by atoms with van der Waals surface area (Å²) in [5.74, 6) is -2.99. The maximum Gasteiger partial charge on any atom is 0.332 e. The number of rotatable bonds is 8. The molecule has 8 atom stereocenters. The third kappa shape index (κ3) is 7.64. The van der Waals surface area contributed by atoms with Gasteiger partial charge in [0.05, 0.1) is 30.1 Å². The average Bonchev–Trinajstić information content (AvgIpc) is 3.49. The third-order valence-corrected chi connectivity index (χ3v) is 10.9. The van der Waals surface area contributed by atoms with E-state index >= 15 is 0 Å². The molecule has 49 heavy (non-hydrogen) atoms. The summed E-state index contributed by atoms with van der Waals surface area (Å²) in [5.41, 5.74) is -3.82. The second-order valence-electron chi connectivity index (χ2n) is 14.5. The summed E-state index contributed by atoms with van der Waals surface area (Å²) in [5, 5.41) is 59.1. The van der Waals surface area contributed by atoms with Gasteiger partial charge in [-0.15, -0.1) is 0 Å². The molecule has 0 unspecified atom stereocenters. The Labute approximate surface area is 285 Å². The number of ether oxygens (including phenoxy) is 1. The van der Waals surface area contributed by atoms with Gasteiger partial charge in [-0.3, -0.25) is 28.4 Å². The zero-order valence-electron chi connectivity index (χ0n) is 29.6. The highest BCUT2D eigenvalue weighted by Gasteiger charge is 2.53. The SMILES string of the molecule is CC[C@H]1OC(=O)[C@H](C)[C@@H](O)[C@H](C)[C@@H](O)C2(O)CC(CN(CCCNC(=O)CCn3cnc4c3c(=O)n(C)c(=O)n4C)[C@H](C)[C@@H](O)[C@]1(C)O)C2. The van der Waals surface area contributed by atoms with Gasteiger partial charge < -0.3 is 40.2 Å². The van der Waals surface area contributed by atoms with Gasteiger partial charge in [0, 0.05) is 58.7 Å². The van der Waals surface area contributed by atoms with Crippen molar-refractivity contribution in [3.8, 4) is 0 Å². The van der Waals surface area contributed by atoms with Crippen molar-refractivity contribution < 1.29 is 39.9 Å². The van der Waals surface area contributed by atoms with Crippen LogP contribution in [-0.2, 0) is 35.0 Å². The largest absolute Gasteiger partial charge is 0.459 e. The molecule has 6 N–H and O–H groups in total. The molecular formula is C33H54N6O10. The first kappa shape index (κ1) is 38.6. The van der Waals surface area contributed by atoms with Gasteiger partial charge in [-0.05, 0) is 52.4 Å². The van der Waals surface area contributed by atoms with E-state index in [0.717, 1.165) is 4.57 Å². The Morgan fingerprint density at radius 2 is 1.69 bits per heavy atom. The molecule has 16 nitrogen and oxygen atoms in total. The van der Waals surface area contributed by atoms with Crippen LogP contribution in [0.2, 0.25) is 0 Å². The lowest BCUT2D eigenvalue weighted by Gasteiger charge is -2.51. The quantitative estimate of drug-likeness (QED) is 0.139. The van der Waals surface area contributed by atoms with E-state index in [4.69, 9.17) is 4.74 Å². The first-order valence-electron chi connectivity index (χ1n) is 17.2. The van der Waals surface area contributed by atoms with Gasteiger partial charge in [0.2, 0.25) is 5.91 Å². The van der Waals surface area contributed by atoms with E-state index in [-0.39, 0.29) is 55.2 Å². The molecule has 3 aliphatic rings. The minimum atomic E-state index is -1.85. The molecule has 1 amide bonds. The van der Waals surface area contributed by atoms with Crippen molar-refractivity contribution in [3.63, 3.8) is 0 Å². The second kappa shape index (κ2) is 15.0. The minimum Gasteiger partial charge on any atom is -0.459 e. The van der Waals surface area contributed by atoms with Crippen LogP contribution >= 0.6 is 0 Å². The Hall–Kier alpha value is -3.15. The van der Waals surface area contributed by atoms with Crippen molar-refractivity contribution in [1.82, 2.24) is 28.9 Å². The van der Waals surface area contributed by atoms with Gasteiger partial charge in [-0.2, -0.15) is 0 Å². The lowest BCUT2D eigenvalue weighted by molar-refractivity contribution is -0.194. The van der Waals surface area contributed by atoms with Gasteiger partial charge >= 0.3 is 11.7 Å². The molecule has 2 bridgehead atoms. The van der Waals surface area contributed by atoms with Gasteiger partial charge in [-0.1, -0.05) is 13.8 Å². The van der Waals surface area contributed by atoms with Crippen molar-refractivity contribution in [1.29, 1.82) is 0 Å². The molecule has 1 aliphatic carbocycles. The van der Waals surface area contributed by atoms with Crippen LogP contribution in [0.4, 0.5) is 0 Å². The summed E-state index contributed by atoms with van der Waals surface area (Å²) in [7, 11) is 2.91. The van der Waals surface area contributed by atoms with Gasteiger partial charge in [0.15, 0.2) is 11.2 Å². The molecule has 0 spiro atoms. The molecule has 4 heterocycles. The molecule has 5 rings (SSSR count). The van der Waals surface area contributed by atoms with Crippen molar-refractivity contribution in [3.05, 3.63) is 27.2 Å². The van der Waals surface area contributed by atoms with Gasteiger partial charge in [-0.25, -0.2) is 9.78 Å². The molecule has 2 aromatic rings. The highest BCUT2D eigenvalue weighted by Crippen LogP contribution is 2.44. The van der Waals surface area contributed by atoms with Crippen molar-refractivity contribution in [2.45, 2.75) is 115 Å². The molecule has 2 saturated heterocycles. The van der Waals surface area contributed by atoms with Crippen LogP contribution in [0.15, 0.2) is 15.9 Å². The Morgan fingerprint density at radius 3 is 2.33 bits per heavy atom. The summed E-state index contributed by atoms with van der Waals surface area (Å²) < 4.78 is 9.46. The highest BCUT2D eigenvalue weighted by molar-refractivity contribution is 5.76. The number of amides is 1. The molecule has 2 aliphatic heterocycles.